The molecular weight excluding hydrogens is 292 g/mol. The Kier molecular flexibility index (Phi) is 4.98. The first-order valence-corrected chi connectivity index (χ1v) is 8.35. The minimum Gasteiger partial charge on any atom is -0.307 e. The van der Waals surface area contributed by atoms with E-state index in [1.165, 1.54) is 10.6 Å². The molecule has 0 spiro atoms. The van der Waals surface area contributed by atoms with Crippen LogP contribution in [0.4, 0.5) is 0 Å². The summed E-state index contributed by atoms with van der Waals surface area (Å²) in [5, 5.41) is 11.0. The average molecular weight is 312 g/mol. The van der Waals surface area contributed by atoms with Crippen molar-refractivity contribution in [2.75, 3.05) is 0 Å². The van der Waals surface area contributed by atoms with Gasteiger partial charge in [0.15, 0.2) is 0 Å². The zero-order chi connectivity index (χ0) is 15.2. The second kappa shape index (κ2) is 7.33. The first kappa shape index (κ1) is 14.9. The highest BCUT2D eigenvalue weighted by atomic mass is 32.1. The zero-order valence-corrected chi connectivity index (χ0v) is 13.5. The van der Waals surface area contributed by atoms with E-state index in [1.807, 2.05) is 29.2 Å². The van der Waals surface area contributed by atoms with Crippen molar-refractivity contribution in [1.82, 2.24) is 20.1 Å². The second-order valence-corrected chi connectivity index (χ2v) is 6.35. The quantitative estimate of drug-likeness (QED) is 0.729. The number of aromatic nitrogens is 3. The van der Waals surface area contributed by atoms with Crippen molar-refractivity contribution < 1.29 is 0 Å². The molecule has 0 aliphatic heterocycles. The maximum atomic E-state index is 4.71. The topological polar surface area (TPSA) is 42.7 Å². The van der Waals surface area contributed by atoms with Crippen LogP contribution in [0.1, 0.15) is 23.2 Å². The molecule has 5 heteroatoms. The number of thiazole rings is 1. The summed E-state index contributed by atoms with van der Waals surface area (Å²) in [6.45, 7) is 3.83. The Bertz CT molecular complexity index is 676. The predicted molar refractivity (Wildman–Crippen MR) is 89.9 cm³/mol. The third kappa shape index (κ3) is 4.26. The molecule has 2 aromatic heterocycles. The molecule has 2 heterocycles. The molecule has 4 nitrogen and oxygen atoms in total. The molecule has 0 amide bonds. The maximum absolute atomic E-state index is 4.71. The van der Waals surface area contributed by atoms with Gasteiger partial charge < -0.3 is 5.32 Å². The monoisotopic (exact) mass is 312 g/mol. The Morgan fingerprint density at radius 2 is 2.09 bits per heavy atom. The first-order chi connectivity index (χ1) is 10.8. The second-order valence-electron chi connectivity index (χ2n) is 5.41. The van der Waals surface area contributed by atoms with E-state index in [2.05, 4.69) is 47.0 Å². The average Bonchev–Trinajstić information content (AvgIpc) is 3.18. The Labute approximate surface area is 134 Å². The molecule has 3 aromatic rings. The van der Waals surface area contributed by atoms with E-state index in [9.17, 15) is 0 Å². The molecule has 1 N–H and O–H groups in total. The molecule has 0 aliphatic carbocycles. The van der Waals surface area contributed by atoms with Crippen LogP contribution in [0.25, 0.3) is 0 Å². The Morgan fingerprint density at radius 3 is 2.86 bits per heavy atom. The largest absolute Gasteiger partial charge is 0.307 e. The molecule has 22 heavy (non-hydrogen) atoms. The lowest BCUT2D eigenvalue weighted by atomic mass is 10.2. The van der Waals surface area contributed by atoms with Gasteiger partial charge >= 0.3 is 0 Å². The van der Waals surface area contributed by atoms with Gasteiger partial charge in [0.25, 0.3) is 0 Å². The standard InChI is InChI=1S/C17H20N4S/c1-14(12-21-9-5-8-19-21)18-11-16-13-22-17(20-16)10-15-6-3-2-4-7-15/h2-9,13-14,18H,10-12H2,1H3. The van der Waals surface area contributed by atoms with Crippen molar-refractivity contribution in [3.63, 3.8) is 0 Å². The van der Waals surface area contributed by atoms with Gasteiger partial charge in [0.05, 0.1) is 17.2 Å². The Balaban J connectivity index is 1.49. The summed E-state index contributed by atoms with van der Waals surface area (Å²) in [5.74, 6) is 0. The van der Waals surface area contributed by atoms with Crippen LogP contribution in [0.15, 0.2) is 54.2 Å². The highest BCUT2D eigenvalue weighted by molar-refractivity contribution is 7.09. The Hall–Kier alpha value is -1.98. The third-order valence-corrected chi connectivity index (χ3v) is 4.35. The van der Waals surface area contributed by atoms with E-state index >= 15 is 0 Å². The number of hydrogen-bond acceptors (Lipinski definition) is 4. The van der Waals surface area contributed by atoms with Gasteiger partial charge in [-0.3, -0.25) is 4.68 Å². The van der Waals surface area contributed by atoms with Gasteiger partial charge in [0, 0.05) is 36.8 Å². The lowest BCUT2D eigenvalue weighted by Crippen LogP contribution is -2.30. The number of nitrogens with zero attached hydrogens (tertiary/aromatic N) is 3. The fourth-order valence-electron chi connectivity index (χ4n) is 2.31. The number of hydrogen-bond donors (Lipinski definition) is 1. The maximum Gasteiger partial charge on any atom is 0.0972 e. The van der Waals surface area contributed by atoms with Crippen LogP contribution < -0.4 is 5.32 Å². The number of benzene rings is 1. The van der Waals surface area contributed by atoms with Crippen LogP contribution in [0.5, 0.6) is 0 Å². The van der Waals surface area contributed by atoms with Gasteiger partial charge in [-0.15, -0.1) is 11.3 Å². The summed E-state index contributed by atoms with van der Waals surface area (Å²) < 4.78 is 1.94. The van der Waals surface area contributed by atoms with Crippen LogP contribution in [0.2, 0.25) is 0 Å². The fourth-order valence-corrected chi connectivity index (χ4v) is 3.14. The van der Waals surface area contributed by atoms with Gasteiger partial charge in [0.1, 0.15) is 0 Å². The highest BCUT2D eigenvalue weighted by Gasteiger charge is 2.06. The lowest BCUT2D eigenvalue weighted by Gasteiger charge is -2.12. The molecule has 0 aliphatic rings. The van der Waals surface area contributed by atoms with E-state index < -0.39 is 0 Å². The molecule has 1 aromatic carbocycles. The van der Waals surface area contributed by atoms with Gasteiger partial charge in [0.2, 0.25) is 0 Å². The molecule has 0 radical (unpaired) electrons. The lowest BCUT2D eigenvalue weighted by molar-refractivity contribution is 0.449. The molecule has 1 atom stereocenters. The summed E-state index contributed by atoms with van der Waals surface area (Å²) in [7, 11) is 0. The number of rotatable bonds is 7. The van der Waals surface area contributed by atoms with Crippen molar-refractivity contribution in [2.24, 2.45) is 0 Å². The van der Waals surface area contributed by atoms with E-state index in [0.29, 0.717) is 6.04 Å². The molecular formula is C17H20N4S. The van der Waals surface area contributed by atoms with Gasteiger partial charge in [-0.25, -0.2) is 4.98 Å². The van der Waals surface area contributed by atoms with E-state index in [-0.39, 0.29) is 0 Å². The Morgan fingerprint density at radius 1 is 1.23 bits per heavy atom. The van der Waals surface area contributed by atoms with Crippen molar-refractivity contribution in [3.05, 3.63) is 70.4 Å². The molecule has 114 valence electrons. The normalized spacial score (nSPS) is 12.4. The van der Waals surface area contributed by atoms with Crippen LogP contribution in [0.3, 0.4) is 0 Å². The molecule has 0 saturated heterocycles. The number of nitrogens with one attached hydrogen (secondary N) is 1. The van der Waals surface area contributed by atoms with Crippen LogP contribution in [-0.2, 0) is 19.5 Å². The summed E-state index contributed by atoms with van der Waals surface area (Å²) in [5.41, 5.74) is 2.42. The fraction of sp³-hybridized carbons (Fsp3) is 0.294. The van der Waals surface area contributed by atoms with E-state index in [0.717, 1.165) is 25.2 Å². The SMILES string of the molecule is CC(Cn1cccn1)NCc1csc(Cc2ccccc2)n1. The van der Waals surface area contributed by atoms with Crippen LogP contribution in [-0.4, -0.2) is 20.8 Å². The molecule has 0 bridgehead atoms. The van der Waals surface area contributed by atoms with Crippen molar-refractivity contribution in [3.8, 4) is 0 Å². The minimum absolute atomic E-state index is 0.360. The van der Waals surface area contributed by atoms with Crippen LogP contribution in [0, 0.1) is 0 Å². The summed E-state index contributed by atoms with van der Waals surface area (Å²) in [6, 6.07) is 12.8. The minimum atomic E-state index is 0.360. The van der Waals surface area contributed by atoms with Gasteiger partial charge in [-0.2, -0.15) is 5.10 Å². The van der Waals surface area contributed by atoms with Crippen molar-refractivity contribution >= 4 is 11.3 Å². The molecule has 3 rings (SSSR count). The van der Waals surface area contributed by atoms with Gasteiger partial charge in [-0.05, 0) is 18.6 Å². The highest BCUT2D eigenvalue weighted by Crippen LogP contribution is 2.14. The summed E-state index contributed by atoms with van der Waals surface area (Å²) in [6.07, 6.45) is 4.70. The molecule has 0 fully saturated rings. The first-order valence-electron chi connectivity index (χ1n) is 7.47. The predicted octanol–water partition coefficient (Wildman–Crippen LogP) is 3.11. The smallest absolute Gasteiger partial charge is 0.0972 e. The van der Waals surface area contributed by atoms with E-state index in [1.54, 1.807) is 11.3 Å². The van der Waals surface area contributed by atoms with E-state index in [4.69, 9.17) is 4.98 Å². The molecule has 0 saturated carbocycles. The van der Waals surface area contributed by atoms with Crippen molar-refractivity contribution in [2.45, 2.75) is 32.5 Å². The van der Waals surface area contributed by atoms with Gasteiger partial charge in [-0.1, -0.05) is 30.3 Å². The summed E-state index contributed by atoms with van der Waals surface area (Å²) >= 11 is 1.73. The van der Waals surface area contributed by atoms with Crippen LogP contribution >= 0.6 is 11.3 Å². The van der Waals surface area contributed by atoms with Crippen molar-refractivity contribution in [1.29, 1.82) is 0 Å². The summed E-state index contributed by atoms with van der Waals surface area (Å²) in [4.78, 5) is 4.71. The molecule has 1 unspecified atom stereocenters. The zero-order valence-electron chi connectivity index (χ0n) is 12.6. The third-order valence-electron chi connectivity index (χ3n) is 3.45.